The van der Waals surface area contributed by atoms with E-state index < -0.39 is 0 Å². The third-order valence-electron chi connectivity index (χ3n) is 5.09. The number of nitrogens with zero attached hydrogens (tertiary/aromatic N) is 4. The standard InChI is InChI=1S/C22H23N5O2.CH2O2/c1-4-17-5-9-26(10-6-17)12-8-23-22(28)18-7-11-27-19(14-24-20(27)13-18)21-15(2)25-29-16(21)3;2-1-3/h5-7,9-11,13-14H,4,8,12H2,1-3H3;1H,(H,2,3)/p+1. The van der Waals surface area contributed by atoms with Gasteiger partial charge in [-0.25, -0.2) is 9.55 Å². The van der Waals surface area contributed by atoms with Crippen LogP contribution < -0.4 is 9.88 Å². The molecular weight excluding hydrogens is 410 g/mol. The summed E-state index contributed by atoms with van der Waals surface area (Å²) in [6.07, 6.45) is 8.73. The predicted molar refractivity (Wildman–Crippen MR) is 117 cm³/mol. The van der Waals surface area contributed by atoms with E-state index in [4.69, 9.17) is 14.4 Å². The summed E-state index contributed by atoms with van der Waals surface area (Å²) in [6.45, 7) is 6.94. The first-order chi connectivity index (χ1) is 15.5. The molecule has 4 rings (SSSR count). The number of nitrogens with one attached hydrogen (secondary N) is 1. The first kappa shape index (κ1) is 22.7. The van der Waals surface area contributed by atoms with Crippen LogP contribution in [0.2, 0.25) is 0 Å². The molecule has 2 N–H and O–H groups in total. The number of amides is 1. The summed E-state index contributed by atoms with van der Waals surface area (Å²) in [5.74, 6) is 0.635. The van der Waals surface area contributed by atoms with Crippen molar-refractivity contribution in [3.05, 3.63) is 71.6 Å². The van der Waals surface area contributed by atoms with Gasteiger partial charge >= 0.3 is 0 Å². The highest BCUT2D eigenvalue weighted by Crippen LogP contribution is 2.27. The maximum Gasteiger partial charge on any atom is 0.290 e. The van der Waals surface area contributed by atoms with Gasteiger partial charge in [-0.15, -0.1) is 0 Å². The molecule has 0 aliphatic rings. The Balaban J connectivity index is 0.000000913. The van der Waals surface area contributed by atoms with E-state index in [1.807, 2.05) is 36.8 Å². The summed E-state index contributed by atoms with van der Waals surface area (Å²) in [5.41, 5.74) is 5.23. The van der Waals surface area contributed by atoms with E-state index in [0.717, 1.165) is 35.7 Å². The molecule has 0 unspecified atom stereocenters. The van der Waals surface area contributed by atoms with E-state index in [9.17, 15) is 4.79 Å². The highest BCUT2D eigenvalue weighted by atomic mass is 16.5. The molecule has 4 aromatic heterocycles. The Hall–Kier alpha value is -4.01. The van der Waals surface area contributed by atoms with Crippen LogP contribution in [-0.4, -0.2) is 38.6 Å². The second-order valence-corrected chi connectivity index (χ2v) is 7.15. The lowest BCUT2D eigenvalue weighted by Crippen LogP contribution is -2.40. The third-order valence-corrected chi connectivity index (χ3v) is 5.09. The summed E-state index contributed by atoms with van der Waals surface area (Å²) < 4.78 is 9.27. The van der Waals surface area contributed by atoms with Crippen molar-refractivity contribution in [2.45, 2.75) is 33.7 Å². The average molecular weight is 436 g/mol. The summed E-state index contributed by atoms with van der Waals surface area (Å²) in [7, 11) is 0. The minimum Gasteiger partial charge on any atom is -0.483 e. The van der Waals surface area contributed by atoms with Crippen molar-refractivity contribution in [2.75, 3.05) is 6.54 Å². The Labute approximate surface area is 185 Å². The van der Waals surface area contributed by atoms with Crippen LogP contribution in [0.5, 0.6) is 0 Å². The van der Waals surface area contributed by atoms with Crippen LogP contribution in [-0.2, 0) is 17.8 Å². The maximum absolute atomic E-state index is 12.5. The molecule has 166 valence electrons. The molecule has 0 saturated carbocycles. The smallest absolute Gasteiger partial charge is 0.290 e. The third kappa shape index (κ3) is 5.00. The van der Waals surface area contributed by atoms with Gasteiger partial charge in [0, 0.05) is 23.9 Å². The number of carboxylic acid groups (broad SMARTS) is 1. The van der Waals surface area contributed by atoms with Crippen LogP contribution in [0.3, 0.4) is 0 Å². The molecule has 0 atom stereocenters. The second kappa shape index (κ2) is 10.3. The van der Waals surface area contributed by atoms with Crippen molar-refractivity contribution >= 4 is 18.0 Å². The van der Waals surface area contributed by atoms with E-state index in [0.29, 0.717) is 17.8 Å². The number of fused-ring (bicyclic) bond motifs is 1. The van der Waals surface area contributed by atoms with Gasteiger partial charge in [-0.1, -0.05) is 12.1 Å². The largest absolute Gasteiger partial charge is 0.483 e. The van der Waals surface area contributed by atoms with Gasteiger partial charge in [-0.2, -0.15) is 0 Å². The van der Waals surface area contributed by atoms with E-state index in [2.05, 4.69) is 39.1 Å². The van der Waals surface area contributed by atoms with E-state index >= 15 is 0 Å². The van der Waals surface area contributed by atoms with E-state index in [1.54, 1.807) is 18.3 Å². The average Bonchev–Trinajstić information content (AvgIpc) is 3.36. The molecule has 9 nitrogen and oxygen atoms in total. The molecule has 0 aromatic carbocycles. The molecule has 1 amide bonds. The summed E-state index contributed by atoms with van der Waals surface area (Å²) in [4.78, 5) is 25.4. The van der Waals surface area contributed by atoms with Crippen molar-refractivity contribution in [2.24, 2.45) is 0 Å². The van der Waals surface area contributed by atoms with Gasteiger partial charge in [0.1, 0.15) is 11.4 Å². The fraction of sp³-hybridized carbons (Fsp3) is 0.261. The Morgan fingerprint density at radius 2 is 2.00 bits per heavy atom. The lowest BCUT2D eigenvalue weighted by molar-refractivity contribution is -0.694. The molecule has 0 spiro atoms. The van der Waals surface area contributed by atoms with Crippen molar-refractivity contribution in [1.82, 2.24) is 19.9 Å². The highest BCUT2D eigenvalue weighted by molar-refractivity contribution is 5.95. The minimum atomic E-state index is -0.250. The molecule has 0 aliphatic heterocycles. The second-order valence-electron chi connectivity index (χ2n) is 7.15. The van der Waals surface area contributed by atoms with Crippen molar-refractivity contribution < 1.29 is 23.8 Å². The fourth-order valence-electron chi connectivity index (χ4n) is 3.43. The van der Waals surface area contributed by atoms with Gasteiger partial charge in [0.15, 0.2) is 18.9 Å². The monoisotopic (exact) mass is 436 g/mol. The minimum absolute atomic E-state index is 0.111. The maximum atomic E-state index is 12.5. The number of hydrogen-bond acceptors (Lipinski definition) is 5. The van der Waals surface area contributed by atoms with Gasteiger partial charge in [-0.05, 0) is 38.0 Å². The van der Waals surface area contributed by atoms with Crippen LogP contribution in [0.15, 0.2) is 53.6 Å². The summed E-state index contributed by atoms with van der Waals surface area (Å²) in [6, 6.07) is 7.80. The quantitative estimate of drug-likeness (QED) is 0.355. The molecule has 0 bridgehead atoms. The molecule has 0 aliphatic carbocycles. The Morgan fingerprint density at radius 3 is 2.62 bits per heavy atom. The normalized spacial score (nSPS) is 10.5. The first-order valence-corrected chi connectivity index (χ1v) is 10.2. The number of aryl methyl sites for hydroxylation is 3. The van der Waals surface area contributed by atoms with E-state index in [-0.39, 0.29) is 12.4 Å². The van der Waals surface area contributed by atoms with Crippen molar-refractivity contribution in [1.29, 1.82) is 0 Å². The number of imidazole rings is 1. The molecule has 4 heterocycles. The number of aromatic nitrogens is 4. The van der Waals surface area contributed by atoms with Gasteiger partial charge in [0.2, 0.25) is 0 Å². The van der Waals surface area contributed by atoms with Crippen molar-refractivity contribution in [3.63, 3.8) is 0 Å². The van der Waals surface area contributed by atoms with Crippen LogP contribution in [0.4, 0.5) is 0 Å². The molecule has 4 aromatic rings. The van der Waals surface area contributed by atoms with Gasteiger partial charge < -0.3 is 14.9 Å². The number of carbonyl (C=O) groups is 2. The molecule has 0 fully saturated rings. The summed E-state index contributed by atoms with van der Waals surface area (Å²) in [5, 5.41) is 13.9. The first-order valence-electron chi connectivity index (χ1n) is 10.2. The van der Waals surface area contributed by atoms with Crippen LogP contribution >= 0.6 is 0 Å². The zero-order valence-electron chi connectivity index (χ0n) is 18.3. The Kier molecular flexibility index (Phi) is 7.33. The Bertz CT molecular complexity index is 1190. The zero-order valence-corrected chi connectivity index (χ0v) is 18.3. The number of pyridine rings is 2. The van der Waals surface area contributed by atoms with Gasteiger partial charge in [0.05, 0.1) is 29.7 Å². The van der Waals surface area contributed by atoms with Crippen LogP contribution in [0.25, 0.3) is 16.9 Å². The van der Waals surface area contributed by atoms with Crippen molar-refractivity contribution in [3.8, 4) is 11.3 Å². The van der Waals surface area contributed by atoms with Gasteiger partial charge in [0.25, 0.3) is 12.4 Å². The zero-order chi connectivity index (χ0) is 23.1. The molecule has 32 heavy (non-hydrogen) atoms. The van der Waals surface area contributed by atoms with Crippen LogP contribution in [0, 0.1) is 13.8 Å². The van der Waals surface area contributed by atoms with E-state index in [1.165, 1.54) is 5.56 Å². The fourth-order valence-corrected chi connectivity index (χ4v) is 3.43. The Morgan fingerprint density at radius 1 is 1.28 bits per heavy atom. The van der Waals surface area contributed by atoms with Crippen LogP contribution in [0.1, 0.15) is 34.3 Å². The van der Waals surface area contributed by atoms with Gasteiger partial charge in [-0.3, -0.25) is 14.0 Å². The predicted octanol–water partition coefficient (Wildman–Crippen LogP) is 2.59. The SMILES string of the molecule is CCc1cc[n+](CCNC(=O)c2ccn3c(-c4c(C)noc4C)cnc3c2)cc1.O=CO. The topological polar surface area (TPSA) is 114 Å². The molecule has 9 heteroatoms. The molecule has 0 radical (unpaired) electrons. The highest BCUT2D eigenvalue weighted by Gasteiger charge is 2.16. The molecular formula is C23H26N5O4+. The summed E-state index contributed by atoms with van der Waals surface area (Å²) >= 11 is 0. The number of hydrogen-bond donors (Lipinski definition) is 2. The number of carbonyl (C=O) groups excluding carboxylic acids is 1. The lowest BCUT2D eigenvalue weighted by Gasteiger charge is -2.06. The lowest BCUT2D eigenvalue weighted by atomic mass is 10.1. The number of rotatable bonds is 6. The molecule has 0 saturated heterocycles.